The maximum atomic E-state index is 12.6. The Bertz CT molecular complexity index is 1030. The molecule has 7 nitrogen and oxygen atoms in total. The van der Waals surface area contributed by atoms with Gasteiger partial charge in [0.05, 0.1) is 11.5 Å². The number of carbonyl (C=O) groups excluding carboxylic acids is 2. The summed E-state index contributed by atoms with van der Waals surface area (Å²) in [4.78, 5) is 39.9. The zero-order chi connectivity index (χ0) is 19.5. The molecule has 1 aromatic heterocycles. The van der Waals surface area contributed by atoms with Crippen LogP contribution in [0.5, 0.6) is 0 Å². The van der Waals surface area contributed by atoms with E-state index in [9.17, 15) is 19.5 Å². The first-order valence-corrected chi connectivity index (χ1v) is 9.88. The van der Waals surface area contributed by atoms with Crippen LogP contribution in [0.2, 0.25) is 0 Å². The lowest BCUT2D eigenvalue weighted by Crippen LogP contribution is -2.46. The molecule has 5 atom stereocenters. The first-order chi connectivity index (χ1) is 13.5. The minimum atomic E-state index is -0.314. The van der Waals surface area contributed by atoms with E-state index in [0.29, 0.717) is 18.2 Å². The topological polar surface area (TPSA) is 111 Å². The first kappa shape index (κ1) is 17.4. The van der Waals surface area contributed by atoms with Crippen molar-refractivity contribution in [1.82, 2.24) is 15.6 Å². The lowest BCUT2D eigenvalue weighted by Gasteiger charge is -2.30. The van der Waals surface area contributed by atoms with Crippen LogP contribution in [0.1, 0.15) is 42.6 Å². The molecule has 7 heteroatoms. The summed E-state index contributed by atoms with van der Waals surface area (Å²) in [5.41, 5.74) is -0.342. The van der Waals surface area contributed by atoms with Crippen LogP contribution in [0, 0.1) is 11.3 Å². The van der Waals surface area contributed by atoms with Gasteiger partial charge in [-0.05, 0) is 49.6 Å². The van der Waals surface area contributed by atoms with Crippen molar-refractivity contribution in [2.75, 3.05) is 0 Å². The van der Waals surface area contributed by atoms with Crippen LogP contribution < -0.4 is 16.2 Å². The zero-order valence-corrected chi connectivity index (χ0v) is 15.4. The van der Waals surface area contributed by atoms with Crippen molar-refractivity contribution in [1.29, 1.82) is 0 Å². The van der Waals surface area contributed by atoms with Gasteiger partial charge in [0.1, 0.15) is 5.69 Å². The van der Waals surface area contributed by atoms with E-state index in [1.165, 1.54) is 0 Å². The van der Waals surface area contributed by atoms with Gasteiger partial charge in [-0.25, -0.2) is 0 Å². The number of fused-ring (bicyclic) bond motifs is 2. The standard InChI is InChI=1S/C21H23N3O4/c25-17-10-21(9-15(17)21)20(28)23-13-6-5-12(8-13)22-19(27)16-7-11-3-1-2-4-14(11)18(26)24-16/h1-4,7,12-13,15,17,25H,5-6,8-10H2,(H,22,27)(H,23,28)(H,24,26)/t12-,13+,15-,17+,21-/m0/s1. The number of H-pyrrole nitrogens is 1. The van der Waals surface area contributed by atoms with E-state index in [4.69, 9.17) is 0 Å². The number of benzene rings is 1. The lowest BCUT2D eigenvalue weighted by atomic mass is 9.81. The number of aromatic nitrogens is 1. The van der Waals surface area contributed by atoms with Gasteiger partial charge in [0.2, 0.25) is 5.91 Å². The highest BCUT2D eigenvalue weighted by atomic mass is 16.3. The molecule has 0 radical (unpaired) electrons. The number of aromatic amines is 1. The second-order valence-corrected chi connectivity index (χ2v) is 8.49. The van der Waals surface area contributed by atoms with Crippen LogP contribution in [-0.4, -0.2) is 40.1 Å². The number of amides is 2. The monoisotopic (exact) mass is 381 g/mol. The van der Waals surface area contributed by atoms with Crippen LogP contribution in [0.25, 0.3) is 10.8 Å². The first-order valence-electron chi connectivity index (χ1n) is 9.88. The van der Waals surface area contributed by atoms with E-state index in [2.05, 4.69) is 15.6 Å². The number of hydrogen-bond donors (Lipinski definition) is 4. The van der Waals surface area contributed by atoms with Crippen molar-refractivity contribution >= 4 is 22.6 Å². The van der Waals surface area contributed by atoms with Crippen LogP contribution in [0.3, 0.4) is 0 Å². The Morgan fingerprint density at radius 1 is 1.11 bits per heavy atom. The molecule has 0 spiro atoms. The second kappa shape index (κ2) is 6.17. The molecule has 2 amide bonds. The van der Waals surface area contributed by atoms with Crippen LogP contribution in [0.4, 0.5) is 0 Å². The van der Waals surface area contributed by atoms with E-state index in [1.54, 1.807) is 18.2 Å². The highest BCUT2D eigenvalue weighted by molar-refractivity contribution is 5.96. The van der Waals surface area contributed by atoms with Crippen LogP contribution in [-0.2, 0) is 4.79 Å². The summed E-state index contributed by atoms with van der Waals surface area (Å²) < 4.78 is 0. The smallest absolute Gasteiger partial charge is 0.268 e. The van der Waals surface area contributed by atoms with Crippen molar-refractivity contribution in [2.45, 2.75) is 50.3 Å². The van der Waals surface area contributed by atoms with Gasteiger partial charge in [0.15, 0.2) is 0 Å². The molecule has 0 bridgehead atoms. The molecule has 0 saturated heterocycles. The van der Waals surface area contributed by atoms with Crippen molar-refractivity contribution in [2.24, 2.45) is 11.3 Å². The number of hydrogen-bond acceptors (Lipinski definition) is 4. The fraction of sp³-hybridized carbons (Fsp3) is 0.476. The molecule has 0 unspecified atom stereocenters. The molecule has 3 aliphatic carbocycles. The maximum Gasteiger partial charge on any atom is 0.268 e. The molecule has 1 heterocycles. The molecule has 3 fully saturated rings. The number of aliphatic hydroxyl groups is 1. The molecule has 146 valence electrons. The SMILES string of the molecule is O=C(N[C@H]1CC[C@@H](NC(=O)[C@@]23C[C@@H](O)[C@@H]2C3)C1)c1cc2ccccc2c(=O)[nH]1. The van der Waals surface area contributed by atoms with Gasteiger partial charge in [-0.3, -0.25) is 14.4 Å². The summed E-state index contributed by atoms with van der Waals surface area (Å²) >= 11 is 0. The Kier molecular flexibility index (Phi) is 3.84. The highest BCUT2D eigenvalue weighted by Gasteiger charge is 2.71. The minimum Gasteiger partial charge on any atom is -0.393 e. The summed E-state index contributed by atoms with van der Waals surface area (Å²) in [6, 6.07) is 8.86. The normalized spacial score (nSPS) is 33.0. The predicted molar refractivity (Wildman–Crippen MR) is 103 cm³/mol. The van der Waals surface area contributed by atoms with Gasteiger partial charge in [0, 0.05) is 23.4 Å². The third kappa shape index (κ3) is 2.73. The lowest BCUT2D eigenvalue weighted by molar-refractivity contribution is -0.133. The van der Waals surface area contributed by atoms with E-state index in [0.717, 1.165) is 24.6 Å². The third-order valence-electron chi connectivity index (χ3n) is 6.73. The number of pyridine rings is 1. The average Bonchev–Trinajstić information content (AvgIpc) is 3.09. The fourth-order valence-electron chi connectivity index (χ4n) is 4.95. The van der Waals surface area contributed by atoms with Gasteiger partial charge >= 0.3 is 0 Å². The molecule has 4 N–H and O–H groups in total. The summed E-state index contributed by atoms with van der Waals surface area (Å²) in [6.45, 7) is 0. The number of carbonyl (C=O) groups is 2. The Morgan fingerprint density at radius 3 is 2.57 bits per heavy atom. The Labute approximate surface area is 161 Å². The van der Waals surface area contributed by atoms with Gasteiger partial charge in [0.25, 0.3) is 11.5 Å². The molecular weight excluding hydrogens is 358 g/mol. The Morgan fingerprint density at radius 2 is 1.86 bits per heavy atom. The van der Waals surface area contributed by atoms with E-state index in [-0.39, 0.29) is 52.6 Å². The fourth-order valence-corrected chi connectivity index (χ4v) is 4.95. The summed E-state index contributed by atoms with van der Waals surface area (Å²) in [5.74, 6) is -0.101. The molecule has 1 aromatic carbocycles. The van der Waals surface area contributed by atoms with E-state index >= 15 is 0 Å². The quantitative estimate of drug-likeness (QED) is 0.635. The second-order valence-electron chi connectivity index (χ2n) is 8.49. The van der Waals surface area contributed by atoms with Crippen LogP contribution >= 0.6 is 0 Å². The molecule has 28 heavy (non-hydrogen) atoms. The van der Waals surface area contributed by atoms with Gasteiger partial charge in [-0.15, -0.1) is 0 Å². The van der Waals surface area contributed by atoms with Crippen molar-refractivity contribution in [3.05, 3.63) is 46.4 Å². The summed E-state index contributed by atoms with van der Waals surface area (Å²) in [6.07, 6.45) is 3.33. The largest absolute Gasteiger partial charge is 0.393 e. The van der Waals surface area contributed by atoms with Crippen molar-refractivity contribution < 1.29 is 14.7 Å². The molecule has 3 aliphatic rings. The van der Waals surface area contributed by atoms with Crippen molar-refractivity contribution in [3.8, 4) is 0 Å². The molecule has 3 saturated carbocycles. The maximum absolute atomic E-state index is 12.6. The molecule has 0 aliphatic heterocycles. The van der Waals surface area contributed by atoms with Crippen molar-refractivity contribution in [3.63, 3.8) is 0 Å². The summed E-state index contributed by atoms with van der Waals surface area (Å²) in [7, 11) is 0. The number of nitrogens with one attached hydrogen (secondary N) is 3. The van der Waals surface area contributed by atoms with Crippen LogP contribution in [0.15, 0.2) is 35.1 Å². The summed E-state index contributed by atoms with van der Waals surface area (Å²) in [5, 5.41) is 17.0. The molecular formula is C21H23N3O4. The third-order valence-corrected chi connectivity index (χ3v) is 6.73. The minimum absolute atomic E-state index is 0.0350. The number of aliphatic hydroxyl groups excluding tert-OH is 1. The van der Waals surface area contributed by atoms with Gasteiger partial charge in [-0.1, -0.05) is 18.2 Å². The molecule has 5 rings (SSSR count). The average molecular weight is 381 g/mol. The molecule has 2 aromatic rings. The predicted octanol–water partition coefficient (Wildman–Crippen LogP) is 1.07. The number of rotatable bonds is 4. The Balaban J connectivity index is 1.20. The van der Waals surface area contributed by atoms with E-state index < -0.39 is 0 Å². The zero-order valence-electron chi connectivity index (χ0n) is 15.4. The highest BCUT2D eigenvalue weighted by Crippen LogP contribution is 2.67. The van der Waals surface area contributed by atoms with E-state index in [1.807, 2.05) is 12.1 Å². The Hall–Kier alpha value is -2.67. The van der Waals surface area contributed by atoms with Gasteiger partial charge in [-0.2, -0.15) is 0 Å². The van der Waals surface area contributed by atoms with Gasteiger partial charge < -0.3 is 20.7 Å².